The number of aldehydes is 1. The summed E-state index contributed by atoms with van der Waals surface area (Å²) in [5.41, 5.74) is 1.19. The molecule has 0 aliphatic carbocycles. The van der Waals surface area contributed by atoms with E-state index in [-0.39, 0.29) is 0 Å². The standard InChI is InChI=1S/C10H12ClIO2S/c1-15(2,12,14)7-8-4-3-5-10(11)9(8)6-13/h3-6H,7H2,1-2H3. The molecule has 2 nitrogen and oxygen atoms in total. The summed E-state index contributed by atoms with van der Waals surface area (Å²) >= 11 is 7.83. The Kier molecular flexibility index (Phi) is 3.63. The summed E-state index contributed by atoms with van der Waals surface area (Å²) in [5, 5.41) is 0.412. The molecule has 0 N–H and O–H groups in total. The SMILES string of the molecule is CS(C)(=O)(I)Cc1cccc(Cl)c1C=O. The van der Waals surface area contributed by atoms with E-state index < -0.39 is 6.24 Å². The molecule has 0 spiro atoms. The molecule has 0 saturated carbocycles. The quantitative estimate of drug-likeness (QED) is 0.473. The number of benzene rings is 1. The summed E-state index contributed by atoms with van der Waals surface area (Å²) in [6, 6.07) is 5.21. The molecule has 0 bridgehead atoms. The summed E-state index contributed by atoms with van der Waals surface area (Å²) in [5.74, 6) is 0.367. The highest BCUT2D eigenvalue weighted by molar-refractivity contribution is 14.2. The van der Waals surface area contributed by atoms with Crippen LogP contribution in [0.3, 0.4) is 0 Å². The van der Waals surface area contributed by atoms with Gasteiger partial charge >= 0.3 is 0 Å². The first-order chi connectivity index (χ1) is 6.69. The number of hydrogen-bond donors (Lipinski definition) is 0. The van der Waals surface area contributed by atoms with Crippen LogP contribution in [0.1, 0.15) is 15.9 Å². The summed E-state index contributed by atoms with van der Waals surface area (Å²) in [7, 11) is 0. The van der Waals surface area contributed by atoms with Crippen molar-refractivity contribution < 1.29 is 9.00 Å². The number of hydrogen-bond acceptors (Lipinski definition) is 2. The minimum absolute atomic E-state index is 0.367. The highest BCUT2D eigenvalue weighted by Crippen LogP contribution is 2.33. The van der Waals surface area contributed by atoms with Crippen molar-refractivity contribution in [1.29, 1.82) is 0 Å². The van der Waals surface area contributed by atoms with Crippen molar-refractivity contribution in [2.75, 3.05) is 12.5 Å². The number of carbonyl (C=O) groups excluding carboxylic acids is 1. The molecule has 0 saturated heterocycles. The van der Waals surface area contributed by atoms with Crippen LogP contribution in [-0.4, -0.2) is 23.0 Å². The minimum atomic E-state index is -2.69. The first-order valence-electron chi connectivity index (χ1n) is 4.24. The van der Waals surface area contributed by atoms with Crippen LogP contribution in [0.4, 0.5) is 0 Å². The molecule has 0 atom stereocenters. The van der Waals surface area contributed by atoms with E-state index in [1.807, 2.05) is 21.2 Å². The summed E-state index contributed by atoms with van der Waals surface area (Å²) in [6.07, 6.45) is 1.43. The van der Waals surface area contributed by atoms with Gasteiger partial charge in [0.15, 0.2) is 6.29 Å². The first-order valence-corrected chi connectivity index (χ1v) is 10.1. The van der Waals surface area contributed by atoms with Gasteiger partial charge in [0.1, 0.15) is 0 Å². The average molecular weight is 359 g/mol. The Morgan fingerprint density at radius 3 is 2.53 bits per heavy atom. The van der Waals surface area contributed by atoms with Gasteiger partial charge in [-0.25, -0.2) is 0 Å². The third-order valence-corrected chi connectivity index (χ3v) is 4.20. The van der Waals surface area contributed by atoms with Crippen molar-refractivity contribution in [1.82, 2.24) is 0 Å². The van der Waals surface area contributed by atoms with E-state index in [9.17, 15) is 9.00 Å². The Bertz CT molecular complexity index is 453. The molecule has 1 aromatic carbocycles. The van der Waals surface area contributed by atoms with Crippen LogP contribution in [0.25, 0.3) is 0 Å². The lowest BCUT2D eigenvalue weighted by atomic mass is 10.1. The molecule has 0 aliphatic rings. The van der Waals surface area contributed by atoms with E-state index in [1.165, 1.54) is 0 Å². The normalized spacial score (nSPS) is 14.3. The van der Waals surface area contributed by atoms with Gasteiger partial charge in [-0.3, -0.25) is 9.00 Å². The fourth-order valence-corrected chi connectivity index (χ4v) is 3.64. The van der Waals surface area contributed by atoms with Crippen molar-refractivity contribution in [2.24, 2.45) is 0 Å². The smallest absolute Gasteiger partial charge is 0.151 e. The molecule has 1 aromatic rings. The molecule has 0 amide bonds. The molecular weight excluding hydrogens is 347 g/mol. The molecule has 0 aromatic heterocycles. The van der Waals surface area contributed by atoms with Crippen LogP contribution in [0.15, 0.2) is 18.2 Å². The number of carbonyl (C=O) groups is 1. The molecule has 0 aliphatic heterocycles. The van der Waals surface area contributed by atoms with Crippen LogP contribution < -0.4 is 0 Å². The van der Waals surface area contributed by atoms with Crippen LogP contribution in [0.2, 0.25) is 5.02 Å². The van der Waals surface area contributed by atoms with Gasteiger partial charge in [0.2, 0.25) is 0 Å². The maximum atomic E-state index is 12.2. The number of halogens is 2. The summed E-state index contributed by atoms with van der Waals surface area (Å²) < 4.78 is 12.2. The Balaban J connectivity index is 3.23. The van der Waals surface area contributed by atoms with E-state index in [1.54, 1.807) is 30.7 Å². The fraction of sp³-hybridized carbons (Fsp3) is 0.300. The minimum Gasteiger partial charge on any atom is -0.298 e. The fourth-order valence-electron chi connectivity index (χ4n) is 1.27. The predicted molar refractivity (Wildman–Crippen MR) is 74.6 cm³/mol. The van der Waals surface area contributed by atoms with Crippen LogP contribution in [0, 0.1) is 0 Å². The van der Waals surface area contributed by atoms with Crippen molar-refractivity contribution >= 4 is 45.3 Å². The van der Waals surface area contributed by atoms with Gasteiger partial charge in [-0.2, -0.15) is 0 Å². The second kappa shape index (κ2) is 4.14. The molecular formula is C10H12ClIO2S. The predicted octanol–water partition coefficient (Wildman–Crippen LogP) is 3.08. The van der Waals surface area contributed by atoms with Crippen LogP contribution in [0.5, 0.6) is 0 Å². The Hall–Kier alpha value is 0.0600. The zero-order valence-corrected chi connectivity index (χ0v) is 12.2. The average Bonchev–Trinajstić information content (AvgIpc) is 2.00. The molecule has 0 radical (unpaired) electrons. The van der Waals surface area contributed by atoms with Gasteiger partial charge in [-0.15, -0.1) is 0 Å². The van der Waals surface area contributed by atoms with Crippen molar-refractivity contribution in [3.05, 3.63) is 34.3 Å². The molecule has 1 rings (SSSR count). The second-order valence-corrected chi connectivity index (χ2v) is 16.8. The third kappa shape index (κ3) is 4.20. The zero-order valence-electron chi connectivity index (χ0n) is 8.50. The lowest BCUT2D eigenvalue weighted by molar-refractivity contribution is 0.112. The molecule has 5 heteroatoms. The van der Waals surface area contributed by atoms with Crippen LogP contribution >= 0.6 is 32.8 Å². The van der Waals surface area contributed by atoms with Crippen molar-refractivity contribution in [3.63, 3.8) is 0 Å². The number of rotatable bonds is 3. The highest BCUT2D eigenvalue weighted by Gasteiger charge is 2.23. The Morgan fingerprint density at radius 1 is 1.47 bits per heavy atom. The van der Waals surface area contributed by atoms with Crippen LogP contribution in [-0.2, 0) is 12.0 Å². The molecule has 0 unspecified atom stereocenters. The van der Waals surface area contributed by atoms with Crippen molar-refractivity contribution in [3.8, 4) is 0 Å². The van der Waals surface area contributed by atoms with E-state index >= 15 is 0 Å². The van der Waals surface area contributed by atoms with E-state index in [2.05, 4.69) is 0 Å². The second-order valence-electron chi connectivity index (χ2n) is 3.99. The van der Waals surface area contributed by atoms with E-state index in [0.29, 0.717) is 22.6 Å². The Morgan fingerprint density at radius 2 is 2.07 bits per heavy atom. The van der Waals surface area contributed by atoms with Gasteiger partial charge in [-0.1, -0.05) is 23.7 Å². The zero-order chi connectivity index (χ0) is 11.7. The Labute approximate surface area is 106 Å². The van der Waals surface area contributed by atoms with Gasteiger partial charge < -0.3 is 0 Å². The van der Waals surface area contributed by atoms with Gasteiger partial charge in [0.25, 0.3) is 0 Å². The monoisotopic (exact) mass is 358 g/mol. The molecule has 15 heavy (non-hydrogen) atoms. The maximum Gasteiger partial charge on any atom is 0.151 e. The topological polar surface area (TPSA) is 34.1 Å². The molecule has 0 fully saturated rings. The largest absolute Gasteiger partial charge is 0.298 e. The molecule has 84 valence electrons. The lowest BCUT2D eigenvalue weighted by Crippen LogP contribution is -2.23. The van der Waals surface area contributed by atoms with E-state index in [0.717, 1.165) is 5.56 Å². The third-order valence-electron chi connectivity index (χ3n) is 1.82. The highest BCUT2D eigenvalue weighted by atomic mass is 127. The van der Waals surface area contributed by atoms with Crippen molar-refractivity contribution in [2.45, 2.75) is 5.75 Å². The summed E-state index contributed by atoms with van der Waals surface area (Å²) in [4.78, 5) is 10.9. The lowest BCUT2D eigenvalue weighted by Gasteiger charge is -2.26. The maximum absolute atomic E-state index is 12.2. The van der Waals surface area contributed by atoms with Gasteiger partial charge in [-0.05, 0) is 17.9 Å². The first kappa shape index (κ1) is 13.1. The van der Waals surface area contributed by atoms with E-state index in [4.69, 9.17) is 11.6 Å². The van der Waals surface area contributed by atoms with Gasteiger partial charge in [0, 0.05) is 45.0 Å². The summed E-state index contributed by atoms with van der Waals surface area (Å²) in [6.45, 7) is 0. The van der Waals surface area contributed by atoms with Gasteiger partial charge in [0.05, 0.1) is 5.02 Å². The molecule has 0 heterocycles.